The van der Waals surface area contributed by atoms with E-state index in [0.717, 1.165) is 16.5 Å². The van der Waals surface area contributed by atoms with Gasteiger partial charge in [0.05, 0.1) is 5.56 Å². The topological polar surface area (TPSA) is 55.1 Å². The Labute approximate surface area is 117 Å². The van der Waals surface area contributed by atoms with Crippen molar-refractivity contribution in [1.29, 1.82) is 0 Å². The molecular weight excluding hydrogens is 292 g/mol. The molecule has 0 bridgehead atoms. The molecule has 0 saturated carbocycles. The molecule has 1 amide bonds. The van der Waals surface area contributed by atoms with Crippen molar-refractivity contribution < 1.29 is 4.79 Å². The fourth-order valence-electron chi connectivity index (χ4n) is 1.86. The monoisotopic (exact) mass is 312 g/mol. The van der Waals surface area contributed by atoms with E-state index >= 15 is 0 Å². The summed E-state index contributed by atoms with van der Waals surface area (Å²) in [4.78, 5) is 12.2. The lowest BCUT2D eigenvalue weighted by Gasteiger charge is -2.19. The highest BCUT2D eigenvalue weighted by molar-refractivity contribution is 9.10. The SMILES string of the molecule is Cc1ccc(Br)c(C(=O)NC(CN)CC(C)C)c1. The van der Waals surface area contributed by atoms with Gasteiger partial charge in [-0.1, -0.05) is 25.5 Å². The number of carbonyl (C=O) groups excluding carboxylic acids is 1. The summed E-state index contributed by atoms with van der Waals surface area (Å²) < 4.78 is 0.811. The van der Waals surface area contributed by atoms with Crippen LogP contribution in [0, 0.1) is 12.8 Å². The summed E-state index contributed by atoms with van der Waals surface area (Å²) in [5.74, 6) is 0.446. The van der Waals surface area contributed by atoms with Gasteiger partial charge in [-0.05, 0) is 47.3 Å². The number of hydrogen-bond donors (Lipinski definition) is 2. The van der Waals surface area contributed by atoms with Crippen LogP contribution in [0.25, 0.3) is 0 Å². The van der Waals surface area contributed by atoms with E-state index in [2.05, 4.69) is 35.1 Å². The number of nitrogens with one attached hydrogen (secondary N) is 1. The summed E-state index contributed by atoms with van der Waals surface area (Å²) in [5, 5.41) is 2.99. The zero-order chi connectivity index (χ0) is 13.7. The lowest BCUT2D eigenvalue weighted by molar-refractivity contribution is 0.0933. The number of nitrogens with two attached hydrogens (primary N) is 1. The van der Waals surface area contributed by atoms with Crippen LogP contribution in [0.15, 0.2) is 22.7 Å². The molecule has 1 atom stereocenters. The molecule has 1 aromatic carbocycles. The predicted molar refractivity (Wildman–Crippen MR) is 78.6 cm³/mol. The first kappa shape index (κ1) is 15.2. The minimum absolute atomic E-state index is 0.0323. The van der Waals surface area contributed by atoms with Crippen LogP contribution in [0.2, 0.25) is 0 Å². The van der Waals surface area contributed by atoms with Gasteiger partial charge in [0.2, 0.25) is 0 Å². The Morgan fingerprint density at radius 3 is 2.67 bits per heavy atom. The van der Waals surface area contributed by atoms with Crippen LogP contribution in [0.1, 0.15) is 36.2 Å². The van der Waals surface area contributed by atoms with Crippen LogP contribution in [-0.4, -0.2) is 18.5 Å². The van der Waals surface area contributed by atoms with E-state index in [1.807, 2.05) is 25.1 Å². The highest BCUT2D eigenvalue weighted by atomic mass is 79.9. The van der Waals surface area contributed by atoms with Crippen molar-refractivity contribution in [2.45, 2.75) is 33.2 Å². The fourth-order valence-corrected chi connectivity index (χ4v) is 2.29. The molecule has 1 unspecified atom stereocenters. The third-order valence-electron chi connectivity index (χ3n) is 2.74. The summed E-state index contributed by atoms with van der Waals surface area (Å²) in [6.07, 6.45) is 0.895. The van der Waals surface area contributed by atoms with E-state index in [1.165, 1.54) is 0 Å². The molecule has 0 aliphatic carbocycles. The molecule has 18 heavy (non-hydrogen) atoms. The summed E-state index contributed by atoms with van der Waals surface area (Å²) in [7, 11) is 0. The average molecular weight is 313 g/mol. The van der Waals surface area contributed by atoms with Gasteiger partial charge < -0.3 is 11.1 Å². The van der Waals surface area contributed by atoms with E-state index in [1.54, 1.807) is 0 Å². The Bertz CT molecular complexity index is 418. The van der Waals surface area contributed by atoms with Gasteiger partial charge in [0, 0.05) is 17.1 Å². The summed E-state index contributed by atoms with van der Waals surface area (Å²) >= 11 is 3.40. The Kier molecular flexibility index (Phi) is 5.82. The first-order valence-corrected chi connectivity index (χ1v) is 7.00. The third kappa shape index (κ3) is 4.42. The van der Waals surface area contributed by atoms with Crippen molar-refractivity contribution in [3.8, 4) is 0 Å². The van der Waals surface area contributed by atoms with Gasteiger partial charge in [-0.15, -0.1) is 0 Å². The van der Waals surface area contributed by atoms with Crippen molar-refractivity contribution in [2.24, 2.45) is 11.7 Å². The maximum Gasteiger partial charge on any atom is 0.252 e. The highest BCUT2D eigenvalue weighted by Gasteiger charge is 2.15. The van der Waals surface area contributed by atoms with Gasteiger partial charge in [0.1, 0.15) is 0 Å². The number of benzene rings is 1. The smallest absolute Gasteiger partial charge is 0.252 e. The van der Waals surface area contributed by atoms with Crippen LogP contribution in [0.4, 0.5) is 0 Å². The van der Waals surface area contributed by atoms with E-state index in [9.17, 15) is 4.79 Å². The Morgan fingerprint density at radius 2 is 2.11 bits per heavy atom. The number of hydrogen-bond acceptors (Lipinski definition) is 2. The summed E-state index contributed by atoms with van der Waals surface area (Å²) in [6.45, 7) is 6.68. The van der Waals surface area contributed by atoms with Gasteiger partial charge >= 0.3 is 0 Å². The van der Waals surface area contributed by atoms with Crippen LogP contribution in [0.3, 0.4) is 0 Å². The minimum Gasteiger partial charge on any atom is -0.348 e. The molecule has 0 saturated heterocycles. The molecular formula is C14H21BrN2O. The number of rotatable bonds is 5. The number of aryl methyl sites for hydroxylation is 1. The van der Waals surface area contributed by atoms with Gasteiger partial charge in [-0.25, -0.2) is 0 Å². The van der Waals surface area contributed by atoms with Gasteiger partial charge in [0.15, 0.2) is 0 Å². The molecule has 1 rings (SSSR count). The first-order valence-electron chi connectivity index (χ1n) is 6.21. The molecule has 100 valence electrons. The molecule has 0 radical (unpaired) electrons. The van der Waals surface area contributed by atoms with Crippen molar-refractivity contribution in [1.82, 2.24) is 5.32 Å². The lowest BCUT2D eigenvalue weighted by atomic mass is 10.0. The van der Waals surface area contributed by atoms with E-state index < -0.39 is 0 Å². The van der Waals surface area contributed by atoms with Crippen LogP contribution < -0.4 is 11.1 Å². The van der Waals surface area contributed by atoms with E-state index in [4.69, 9.17) is 5.73 Å². The Balaban J connectivity index is 2.77. The zero-order valence-corrected chi connectivity index (χ0v) is 12.8. The summed E-state index contributed by atoms with van der Waals surface area (Å²) in [6, 6.07) is 5.77. The highest BCUT2D eigenvalue weighted by Crippen LogP contribution is 2.18. The molecule has 0 aliphatic heterocycles. The fraction of sp³-hybridized carbons (Fsp3) is 0.500. The molecule has 1 aromatic rings. The minimum atomic E-state index is -0.0679. The molecule has 3 nitrogen and oxygen atoms in total. The number of carbonyl (C=O) groups is 1. The second-order valence-corrected chi connectivity index (χ2v) is 5.87. The lowest BCUT2D eigenvalue weighted by Crippen LogP contribution is -2.41. The van der Waals surface area contributed by atoms with Crippen LogP contribution in [-0.2, 0) is 0 Å². The van der Waals surface area contributed by atoms with Crippen LogP contribution >= 0.6 is 15.9 Å². The molecule has 0 spiro atoms. The van der Waals surface area contributed by atoms with Crippen LogP contribution in [0.5, 0.6) is 0 Å². The van der Waals surface area contributed by atoms with Crippen molar-refractivity contribution in [3.05, 3.63) is 33.8 Å². The molecule has 0 aliphatic rings. The molecule has 0 fully saturated rings. The maximum absolute atomic E-state index is 12.2. The van der Waals surface area contributed by atoms with E-state index in [0.29, 0.717) is 18.0 Å². The van der Waals surface area contributed by atoms with Crippen molar-refractivity contribution in [2.75, 3.05) is 6.54 Å². The normalized spacial score (nSPS) is 12.6. The molecule has 4 heteroatoms. The van der Waals surface area contributed by atoms with Gasteiger partial charge in [0.25, 0.3) is 5.91 Å². The third-order valence-corrected chi connectivity index (χ3v) is 3.43. The second-order valence-electron chi connectivity index (χ2n) is 5.02. The largest absolute Gasteiger partial charge is 0.348 e. The number of amides is 1. The first-order chi connectivity index (χ1) is 8.43. The summed E-state index contributed by atoms with van der Waals surface area (Å²) in [5.41, 5.74) is 7.42. The Hall–Kier alpha value is -0.870. The predicted octanol–water partition coefficient (Wildman–Crippen LogP) is 2.86. The average Bonchev–Trinajstić information content (AvgIpc) is 2.30. The van der Waals surface area contributed by atoms with E-state index in [-0.39, 0.29) is 11.9 Å². The standard InChI is InChI=1S/C14H21BrN2O/c1-9(2)6-11(8-16)17-14(18)12-7-10(3)4-5-13(12)15/h4-5,7,9,11H,6,8,16H2,1-3H3,(H,17,18). The Morgan fingerprint density at radius 1 is 1.44 bits per heavy atom. The molecule has 3 N–H and O–H groups in total. The maximum atomic E-state index is 12.2. The van der Waals surface area contributed by atoms with Crippen molar-refractivity contribution >= 4 is 21.8 Å². The van der Waals surface area contributed by atoms with Crippen molar-refractivity contribution in [3.63, 3.8) is 0 Å². The quantitative estimate of drug-likeness (QED) is 0.878. The zero-order valence-electron chi connectivity index (χ0n) is 11.2. The van der Waals surface area contributed by atoms with Gasteiger partial charge in [-0.3, -0.25) is 4.79 Å². The molecule has 0 heterocycles. The molecule has 0 aromatic heterocycles. The second kappa shape index (κ2) is 6.90. The van der Waals surface area contributed by atoms with Gasteiger partial charge in [-0.2, -0.15) is 0 Å². The number of halogens is 1.